The molecule has 9 heteroatoms. The van der Waals surface area contributed by atoms with Crippen LogP contribution in [-0.4, -0.2) is 49.3 Å². The van der Waals surface area contributed by atoms with Gasteiger partial charge in [-0.1, -0.05) is 106 Å². The molecular weight excluding hydrogens is 743 g/mol. The minimum absolute atomic E-state index is 0.0746. The molecule has 0 aliphatic heterocycles. The fourth-order valence-electron chi connectivity index (χ4n) is 6.20. The van der Waals surface area contributed by atoms with Crippen molar-refractivity contribution in [2.45, 2.75) is 37.9 Å². The Kier molecular flexibility index (Phi) is 14.9. The maximum Gasteiger partial charge on any atom is 0.338 e. The molecule has 0 amide bonds. The van der Waals surface area contributed by atoms with E-state index in [0.29, 0.717) is 5.56 Å². The fourth-order valence-corrected chi connectivity index (χ4v) is 6.20. The Morgan fingerprint density at radius 2 is 0.814 bits per heavy atom. The summed E-state index contributed by atoms with van der Waals surface area (Å²) in [5.41, 5.74) is 8.93. The van der Waals surface area contributed by atoms with E-state index >= 15 is 0 Å². The number of rotatable bonds is 18. The van der Waals surface area contributed by atoms with Crippen LogP contribution in [0.2, 0.25) is 0 Å². The standard InChI is InChI=1S/C50H47NO8/c1-8-47(52)56-31-32-57-50(55)43-23-29-46(30-24-43)51(44-25-19-41(20-26-44)39-15-11-37(12-16-39)33(4)35(6)58-48(53)9-2)45-27-21-42(22-28-45)40-17-13-38(14-18-40)34(5)36(7)59-49(54)10-3/h8-30,33-36H,1-3,6-7,31-32H2,4-5H3. The lowest BCUT2D eigenvalue weighted by Crippen LogP contribution is -2.19. The molecule has 0 aliphatic rings. The maximum absolute atomic E-state index is 12.8. The molecule has 0 fully saturated rings. The third-order valence-corrected chi connectivity index (χ3v) is 9.86. The summed E-state index contributed by atoms with van der Waals surface area (Å²) in [5.74, 6) is -2.37. The SMILES string of the molecule is [CH2]C(OC(=O)C=C)C(C)c1ccc(-c2ccc(N(c3ccc(C(=O)OCCOC(=O)C=C)cc3)c3ccc(-c4ccc(C(C)C([CH2])OC(=O)C=C)cc4)cc3)cc2)cc1. The minimum atomic E-state index is -0.590. The molecule has 4 atom stereocenters. The molecule has 5 aromatic carbocycles. The molecular formula is C50H47NO8. The van der Waals surface area contributed by atoms with E-state index in [2.05, 4.69) is 38.5 Å². The van der Waals surface area contributed by atoms with Crippen molar-refractivity contribution < 1.29 is 38.1 Å². The normalized spacial score (nSPS) is 12.7. The quantitative estimate of drug-likeness (QED) is 0.0371. The van der Waals surface area contributed by atoms with Crippen LogP contribution in [0.5, 0.6) is 0 Å². The first kappa shape index (κ1) is 43.1. The van der Waals surface area contributed by atoms with Crippen molar-refractivity contribution >= 4 is 40.9 Å². The van der Waals surface area contributed by atoms with Crippen LogP contribution in [0.1, 0.15) is 47.2 Å². The van der Waals surface area contributed by atoms with Crippen molar-refractivity contribution in [1.29, 1.82) is 0 Å². The van der Waals surface area contributed by atoms with Gasteiger partial charge in [0.1, 0.15) is 25.4 Å². The molecule has 0 bridgehead atoms. The van der Waals surface area contributed by atoms with E-state index in [4.69, 9.17) is 18.9 Å². The molecule has 0 spiro atoms. The predicted octanol–water partition coefficient (Wildman–Crippen LogP) is 10.4. The van der Waals surface area contributed by atoms with E-state index in [1.807, 2.05) is 123 Å². The Hall–Kier alpha value is -7.00. The van der Waals surface area contributed by atoms with E-state index in [0.717, 1.165) is 68.7 Å². The van der Waals surface area contributed by atoms with Crippen molar-refractivity contribution in [1.82, 2.24) is 0 Å². The summed E-state index contributed by atoms with van der Waals surface area (Å²) in [4.78, 5) is 49.5. The first-order valence-electron chi connectivity index (χ1n) is 19.0. The highest BCUT2D eigenvalue weighted by Gasteiger charge is 2.20. The van der Waals surface area contributed by atoms with Gasteiger partial charge in [0.15, 0.2) is 0 Å². The topological polar surface area (TPSA) is 108 Å². The summed E-state index contributed by atoms with van der Waals surface area (Å²) in [6.45, 7) is 22.0. The van der Waals surface area contributed by atoms with Crippen LogP contribution in [0.15, 0.2) is 159 Å². The van der Waals surface area contributed by atoms with Crippen molar-refractivity contribution in [3.8, 4) is 22.3 Å². The van der Waals surface area contributed by atoms with Gasteiger partial charge in [0.05, 0.1) is 5.56 Å². The van der Waals surface area contributed by atoms with Crippen LogP contribution in [-0.2, 0) is 33.3 Å². The van der Waals surface area contributed by atoms with Crippen LogP contribution in [0.25, 0.3) is 22.3 Å². The number of hydrogen-bond donors (Lipinski definition) is 0. The van der Waals surface area contributed by atoms with Gasteiger partial charge in [-0.2, -0.15) is 0 Å². The zero-order valence-corrected chi connectivity index (χ0v) is 33.3. The lowest BCUT2D eigenvalue weighted by Gasteiger charge is -2.26. The summed E-state index contributed by atoms with van der Waals surface area (Å²) >= 11 is 0. The minimum Gasteiger partial charge on any atom is -0.459 e. The molecule has 0 N–H and O–H groups in total. The van der Waals surface area contributed by atoms with Gasteiger partial charge in [-0.3, -0.25) is 0 Å². The second-order valence-electron chi connectivity index (χ2n) is 13.7. The molecule has 2 radical (unpaired) electrons. The zero-order chi connectivity index (χ0) is 42.5. The number of carbonyl (C=O) groups excluding carboxylic acids is 4. The van der Waals surface area contributed by atoms with Gasteiger partial charge < -0.3 is 23.8 Å². The highest BCUT2D eigenvalue weighted by atomic mass is 16.6. The molecule has 0 aromatic heterocycles. The lowest BCUT2D eigenvalue weighted by atomic mass is 9.94. The molecule has 0 saturated carbocycles. The van der Waals surface area contributed by atoms with Crippen molar-refractivity contribution in [2.24, 2.45) is 0 Å². The number of anilines is 3. The first-order chi connectivity index (χ1) is 28.4. The first-order valence-corrected chi connectivity index (χ1v) is 19.0. The zero-order valence-electron chi connectivity index (χ0n) is 33.3. The molecule has 9 nitrogen and oxygen atoms in total. The van der Waals surface area contributed by atoms with Gasteiger partial charge >= 0.3 is 23.9 Å². The highest BCUT2D eigenvalue weighted by molar-refractivity contribution is 5.90. The summed E-state index contributed by atoms with van der Waals surface area (Å²) in [5, 5.41) is 0. The largest absolute Gasteiger partial charge is 0.459 e. The van der Waals surface area contributed by atoms with Crippen molar-refractivity contribution in [3.05, 3.63) is 190 Å². The molecule has 0 saturated heterocycles. The number of esters is 4. The van der Waals surface area contributed by atoms with Crippen LogP contribution in [0.3, 0.4) is 0 Å². The monoisotopic (exact) mass is 789 g/mol. The van der Waals surface area contributed by atoms with Crippen LogP contribution in [0, 0.1) is 13.8 Å². The van der Waals surface area contributed by atoms with Gasteiger partial charge in [0.25, 0.3) is 0 Å². The third kappa shape index (κ3) is 11.3. The van der Waals surface area contributed by atoms with E-state index in [-0.39, 0.29) is 25.0 Å². The van der Waals surface area contributed by atoms with Crippen LogP contribution in [0.4, 0.5) is 17.1 Å². The Morgan fingerprint density at radius 3 is 1.17 bits per heavy atom. The van der Waals surface area contributed by atoms with E-state index in [1.54, 1.807) is 12.1 Å². The molecule has 5 aromatic rings. The number of benzene rings is 5. The molecule has 0 aliphatic carbocycles. The van der Waals surface area contributed by atoms with Crippen LogP contribution < -0.4 is 4.90 Å². The maximum atomic E-state index is 12.8. The lowest BCUT2D eigenvalue weighted by molar-refractivity contribution is -0.142. The van der Waals surface area contributed by atoms with E-state index in [1.165, 1.54) is 0 Å². The number of nitrogens with zero attached hydrogens (tertiary/aromatic N) is 1. The fraction of sp³-hybridized carbons (Fsp3) is 0.160. The molecule has 300 valence electrons. The predicted molar refractivity (Wildman–Crippen MR) is 231 cm³/mol. The molecule has 59 heavy (non-hydrogen) atoms. The highest BCUT2D eigenvalue weighted by Crippen LogP contribution is 2.37. The summed E-state index contributed by atoms with van der Waals surface area (Å²) in [6.07, 6.45) is 2.19. The van der Waals surface area contributed by atoms with Gasteiger partial charge in [-0.15, -0.1) is 0 Å². The van der Waals surface area contributed by atoms with Crippen LogP contribution >= 0.6 is 0 Å². The third-order valence-electron chi connectivity index (χ3n) is 9.86. The van der Waals surface area contributed by atoms with Gasteiger partial charge in [0, 0.05) is 47.1 Å². The molecule has 0 heterocycles. The van der Waals surface area contributed by atoms with Gasteiger partial charge in [-0.05, 0) is 95.8 Å². The Balaban J connectivity index is 1.39. The summed E-state index contributed by atoms with van der Waals surface area (Å²) in [6, 6.07) is 39.6. The van der Waals surface area contributed by atoms with Gasteiger partial charge in [0.2, 0.25) is 0 Å². The average molecular weight is 790 g/mol. The second kappa shape index (κ2) is 20.4. The smallest absolute Gasteiger partial charge is 0.338 e. The van der Waals surface area contributed by atoms with Crippen molar-refractivity contribution in [3.63, 3.8) is 0 Å². The molecule has 5 rings (SSSR count). The Morgan fingerprint density at radius 1 is 0.492 bits per heavy atom. The average Bonchev–Trinajstić information content (AvgIpc) is 3.27. The van der Waals surface area contributed by atoms with E-state index < -0.39 is 36.1 Å². The van der Waals surface area contributed by atoms with Crippen molar-refractivity contribution in [2.75, 3.05) is 18.1 Å². The number of hydrogen-bond acceptors (Lipinski definition) is 9. The van der Waals surface area contributed by atoms with Gasteiger partial charge in [-0.25, -0.2) is 19.2 Å². The second-order valence-corrected chi connectivity index (χ2v) is 13.7. The summed E-state index contributed by atoms with van der Waals surface area (Å²) < 4.78 is 20.8. The Bertz CT molecular complexity index is 2120. The molecule has 4 unspecified atom stereocenters. The number of ether oxygens (including phenoxy) is 4. The Labute approximate surface area is 346 Å². The number of carbonyl (C=O) groups is 4. The summed E-state index contributed by atoms with van der Waals surface area (Å²) in [7, 11) is 0. The van der Waals surface area contributed by atoms with E-state index in [9.17, 15) is 19.2 Å².